The zero-order valence-electron chi connectivity index (χ0n) is 6.16. The van der Waals surface area contributed by atoms with Crippen molar-refractivity contribution in [3.8, 4) is 6.07 Å². The topological polar surface area (TPSA) is 46.8 Å². The highest BCUT2D eigenvalue weighted by Gasteiger charge is 2.06. The lowest BCUT2D eigenvalue weighted by atomic mass is 10.2. The molecule has 0 fully saturated rings. The third-order valence-corrected chi connectivity index (χ3v) is 2.57. The first-order valence-corrected chi connectivity index (χ1v) is 5.25. The van der Waals surface area contributed by atoms with Gasteiger partial charge in [0, 0.05) is 0 Å². The van der Waals surface area contributed by atoms with Gasteiger partial charge in [0.25, 0.3) is 0 Å². The molecule has 1 unspecified atom stereocenters. The molecule has 1 aromatic rings. The minimum Gasteiger partial charge on any atom is -0.594 e. The van der Waals surface area contributed by atoms with Crippen molar-refractivity contribution in [3.63, 3.8) is 0 Å². The van der Waals surface area contributed by atoms with E-state index in [1.807, 2.05) is 6.07 Å². The Morgan fingerprint density at radius 3 is 2.42 bits per heavy atom. The Hall–Kier alpha value is -0.690. The Morgan fingerprint density at radius 1 is 1.42 bits per heavy atom. The molecule has 0 N–H and O–H groups in total. The molecule has 0 aromatic heterocycles. The van der Waals surface area contributed by atoms with E-state index in [-0.39, 0.29) is 0 Å². The molecule has 0 aliphatic rings. The van der Waals surface area contributed by atoms with Crippen LogP contribution in [0.5, 0.6) is 0 Å². The Bertz CT molecular complexity index is 291. The molecule has 2 nitrogen and oxygen atoms in total. The predicted molar refractivity (Wildman–Crippen MR) is 48.0 cm³/mol. The van der Waals surface area contributed by atoms with Gasteiger partial charge in [-0.25, -0.2) is 0 Å². The second kappa shape index (κ2) is 4.36. The van der Waals surface area contributed by atoms with Crippen LogP contribution in [-0.4, -0.2) is 4.55 Å². The van der Waals surface area contributed by atoms with Crippen LogP contribution in [0.4, 0.5) is 0 Å². The van der Waals surface area contributed by atoms with Gasteiger partial charge in [0.1, 0.15) is 10.4 Å². The lowest BCUT2D eigenvalue weighted by Gasteiger charge is -1.99. The number of rotatable bonds is 2. The van der Waals surface area contributed by atoms with E-state index in [0.29, 0.717) is 11.3 Å². The fourth-order valence-corrected chi connectivity index (χ4v) is 1.46. The summed E-state index contributed by atoms with van der Waals surface area (Å²) in [6, 6.07) is 8.85. The molecule has 0 heterocycles. The van der Waals surface area contributed by atoms with E-state index in [0.717, 1.165) is 5.56 Å². The number of hydrogen-bond acceptors (Lipinski definition) is 2. The Morgan fingerprint density at radius 2 is 2.00 bits per heavy atom. The van der Waals surface area contributed by atoms with E-state index in [4.69, 9.17) is 15.9 Å². The molecule has 1 aromatic carbocycles. The second-order valence-electron chi connectivity index (χ2n) is 2.20. The van der Waals surface area contributed by atoms with Crippen LogP contribution in [0, 0.1) is 11.3 Å². The van der Waals surface area contributed by atoms with Crippen LogP contribution >= 0.6 is 10.7 Å². The van der Waals surface area contributed by atoms with E-state index in [1.54, 1.807) is 24.3 Å². The third-order valence-electron chi connectivity index (χ3n) is 1.39. The molecule has 0 radical (unpaired) electrons. The van der Waals surface area contributed by atoms with Crippen molar-refractivity contribution in [2.75, 3.05) is 0 Å². The maximum atomic E-state index is 10.7. The van der Waals surface area contributed by atoms with Crippen LogP contribution in [0.25, 0.3) is 0 Å². The molecule has 0 saturated carbocycles. The van der Waals surface area contributed by atoms with E-state index < -0.39 is 10.4 Å². The van der Waals surface area contributed by atoms with Crippen molar-refractivity contribution in [1.82, 2.24) is 0 Å². The zero-order chi connectivity index (χ0) is 8.97. The van der Waals surface area contributed by atoms with Gasteiger partial charge in [-0.2, -0.15) is 5.26 Å². The molecular weight excluding hydrogens is 194 g/mol. The SMILES string of the molecule is N#CCc1ccc([S+]([O-])Cl)cc1. The second-order valence-corrected chi connectivity index (χ2v) is 3.96. The third kappa shape index (κ3) is 2.42. The lowest BCUT2D eigenvalue weighted by Crippen LogP contribution is -1.90. The van der Waals surface area contributed by atoms with Crippen LogP contribution < -0.4 is 0 Å². The minimum atomic E-state index is -1.45. The molecule has 0 aliphatic heterocycles. The summed E-state index contributed by atoms with van der Waals surface area (Å²) in [6.07, 6.45) is 0.370. The van der Waals surface area contributed by atoms with Crippen LogP contribution in [-0.2, 0) is 16.8 Å². The molecule has 12 heavy (non-hydrogen) atoms. The summed E-state index contributed by atoms with van der Waals surface area (Å²) < 4.78 is 10.7. The monoisotopic (exact) mass is 199 g/mol. The molecule has 0 aliphatic carbocycles. The number of nitriles is 1. The quantitative estimate of drug-likeness (QED) is 0.685. The van der Waals surface area contributed by atoms with Crippen molar-refractivity contribution >= 4 is 21.1 Å². The van der Waals surface area contributed by atoms with E-state index in [2.05, 4.69) is 0 Å². The van der Waals surface area contributed by atoms with Gasteiger partial charge in [0.15, 0.2) is 15.6 Å². The fraction of sp³-hybridized carbons (Fsp3) is 0.125. The molecule has 0 saturated heterocycles. The predicted octanol–water partition coefficient (Wildman–Crippen LogP) is 2.01. The maximum absolute atomic E-state index is 10.7. The highest BCUT2D eigenvalue weighted by molar-refractivity contribution is 8.13. The number of hydrogen-bond donors (Lipinski definition) is 0. The average Bonchev–Trinajstić information content (AvgIpc) is 2.06. The van der Waals surface area contributed by atoms with Crippen LogP contribution in [0.1, 0.15) is 5.56 Å². The van der Waals surface area contributed by atoms with Gasteiger partial charge < -0.3 is 4.55 Å². The van der Waals surface area contributed by atoms with Crippen molar-refractivity contribution in [2.24, 2.45) is 0 Å². The van der Waals surface area contributed by atoms with Gasteiger partial charge in [-0.05, 0) is 17.7 Å². The molecule has 62 valence electrons. The van der Waals surface area contributed by atoms with Gasteiger partial charge in [-0.15, -0.1) is 0 Å². The zero-order valence-corrected chi connectivity index (χ0v) is 7.73. The van der Waals surface area contributed by atoms with Crippen LogP contribution in [0.3, 0.4) is 0 Å². The highest BCUT2D eigenvalue weighted by atomic mass is 35.7. The summed E-state index contributed by atoms with van der Waals surface area (Å²) in [5.74, 6) is 0. The molecule has 1 rings (SSSR count). The number of nitrogens with zero attached hydrogens (tertiary/aromatic N) is 1. The smallest absolute Gasteiger partial charge is 0.181 e. The van der Waals surface area contributed by atoms with Crippen molar-refractivity contribution in [3.05, 3.63) is 29.8 Å². The maximum Gasteiger partial charge on any atom is 0.181 e. The molecule has 0 amide bonds. The first kappa shape index (κ1) is 9.40. The van der Waals surface area contributed by atoms with Gasteiger partial charge in [0.2, 0.25) is 0 Å². The van der Waals surface area contributed by atoms with E-state index >= 15 is 0 Å². The van der Waals surface area contributed by atoms with Gasteiger partial charge in [-0.3, -0.25) is 0 Å². The summed E-state index contributed by atoms with van der Waals surface area (Å²) in [5, 5.41) is 8.36. The first-order valence-electron chi connectivity index (χ1n) is 3.28. The van der Waals surface area contributed by atoms with Gasteiger partial charge in [0.05, 0.1) is 12.5 Å². The van der Waals surface area contributed by atoms with Gasteiger partial charge >= 0.3 is 0 Å². The summed E-state index contributed by atoms with van der Waals surface area (Å²) in [7, 11) is 3.89. The summed E-state index contributed by atoms with van der Waals surface area (Å²) >= 11 is 0. The van der Waals surface area contributed by atoms with Crippen LogP contribution in [0.15, 0.2) is 29.2 Å². The summed E-state index contributed by atoms with van der Waals surface area (Å²) in [6.45, 7) is 0. The molecule has 0 spiro atoms. The first-order chi connectivity index (χ1) is 5.74. The molecular formula is C8H6ClNOS. The van der Waals surface area contributed by atoms with E-state index in [9.17, 15) is 4.55 Å². The Balaban J connectivity index is 2.80. The lowest BCUT2D eigenvalue weighted by molar-refractivity contribution is 0.608. The Kier molecular flexibility index (Phi) is 3.42. The van der Waals surface area contributed by atoms with Crippen molar-refractivity contribution in [2.45, 2.75) is 11.3 Å². The molecule has 4 heteroatoms. The molecule has 1 atom stereocenters. The Labute approximate surface area is 78.5 Å². The highest BCUT2D eigenvalue weighted by Crippen LogP contribution is 2.15. The average molecular weight is 200 g/mol. The van der Waals surface area contributed by atoms with Crippen molar-refractivity contribution < 1.29 is 4.55 Å². The largest absolute Gasteiger partial charge is 0.594 e. The summed E-state index contributed by atoms with van der Waals surface area (Å²) in [4.78, 5) is 0.568. The minimum absolute atomic E-state index is 0.370. The molecule has 0 bridgehead atoms. The fourth-order valence-electron chi connectivity index (χ4n) is 0.806. The normalized spacial score (nSPS) is 12.1. The van der Waals surface area contributed by atoms with E-state index in [1.165, 1.54) is 0 Å². The summed E-state index contributed by atoms with van der Waals surface area (Å²) in [5.41, 5.74) is 0.906. The standard InChI is InChI=1S/C8H6ClNOS/c9-12(11)8-3-1-7(2-4-8)5-6-10/h1-4H,5H2. The van der Waals surface area contributed by atoms with Gasteiger partial charge in [-0.1, -0.05) is 12.1 Å². The number of benzene rings is 1. The number of halogens is 1. The van der Waals surface area contributed by atoms with Crippen molar-refractivity contribution in [1.29, 1.82) is 5.26 Å². The van der Waals surface area contributed by atoms with Crippen LogP contribution in [0.2, 0.25) is 0 Å².